The molecule has 1 saturated heterocycles. The van der Waals surface area contributed by atoms with E-state index in [0.717, 1.165) is 15.1 Å². The first-order valence-electron chi connectivity index (χ1n) is 6.17. The summed E-state index contributed by atoms with van der Waals surface area (Å²) in [6, 6.07) is 9.60. The molecule has 20 heavy (non-hydrogen) atoms. The monoisotopic (exact) mass is 352 g/mol. The van der Waals surface area contributed by atoms with Crippen molar-refractivity contribution in [3.8, 4) is 0 Å². The molecule has 1 aliphatic heterocycles. The molecule has 6 heteroatoms. The van der Waals surface area contributed by atoms with Crippen molar-refractivity contribution in [2.45, 2.75) is 11.4 Å². The van der Waals surface area contributed by atoms with Crippen LogP contribution in [0.25, 0.3) is 0 Å². The van der Waals surface area contributed by atoms with Crippen molar-refractivity contribution in [3.63, 3.8) is 0 Å². The van der Waals surface area contributed by atoms with E-state index in [2.05, 4.69) is 6.42 Å². The van der Waals surface area contributed by atoms with Crippen molar-refractivity contribution in [2.24, 2.45) is 0 Å². The van der Waals surface area contributed by atoms with Crippen LogP contribution in [0.15, 0.2) is 30.3 Å². The minimum atomic E-state index is -0.745. The molecule has 3 nitrogen and oxygen atoms in total. The fourth-order valence-electron chi connectivity index (χ4n) is 1.92. The molecule has 0 aliphatic carbocycles. The fourth-order valence-corrected chi connectivity index (χ4v) is 4.54. The van der Waals surface area contributed by atoms with E-state index < -0.39 is 5.97 Å². The van der Waals surface area contributed by atoms with Gasteiger partial charge in [0, 0.05) is 0 Å². The molecule has 0 radical (unpaired) electrons. The molecule has 0 unspecified atom stereocenters. The zero-order valence-corrected chi connectivity index (χ0v) is 13.6. The molecule has 2 rings (SSSR count). The van der Waals surface area contributed by atoms with E-state index in [4.69, 9.17) is 20.1 Å². The van der Waals surface area contributed by atoms with E-state index >= 15 is 0 Å². The number of benzene rings is 1. The van der Waals surface area contributed by atoms with E-state index in [-0.39, 0.29) is 11.4 Å². The summed E-state index contributed by atoms with van der Waals surface area (Å²) >= 11 is 8.36. The van der Waals surface area contributed by atoms with Gasteiger partial charge in [0.15, 0.2) is 0 Å². The van der Waals surface area contributed by atoms with Gasteiger partial charge in [0.1, 0.15) is 0 Å². The molecule has 0 saturated carbocycles. The van der Waals surface area contributed by atoms with Crippen LogP contribution in [0.1, 0.15) is 5.56 Å². The van der Waals surface area contributed by atoms with Crippen LogP contribution >= 0.6 is 23.5 Å². The number of hydrogen-bond acceptors (Lipinski definition) is 4. The van der Waals surface area contributed by atoms with Crippen molar-refractivity contribution < 1.29 is 24.9 Å². The third kappa shape index (κ3) is 4.11. The maximum atomic E-state index is 11.0. The molecule has 1 fully saturated rings. The Labute approximate surface area is 135 Å². The second-order valence-corrected chi connectivity index (χ2v) is 7.36. The SMILES string of the molecule is CN1[C@@H](C(=O)O)CS[C@@H]1[CH-]CS[C](=[Ni])c1ccccc1. The summed E-state index contributed by atoms with van der Waals surface area (Å²) in [5, 5.41) is 9.23. The van der Waals surface area contributed by atoms with E-state index in [1.807, 2.05) is 42.3 Å². The van der Waals surface area contributed by atoms with E-state index in [1.165, 1.54) is 0 Å². The van der Waals surface area contributed by atoms with Crippen LogP contribution in [0.4, 0.5) is 0 Å². The van der Waals surface area contributed by atoms with Gasteiger partial charge in [-0.15, -0.1) is 0 Å². The van der Waals surface area contributed by atoms with Gasteiger partial charge in [-0.1, -0.05) is 0 Å². The van der Waals surface area contributed by atoms with Gasteiger partial charge in [-0.05, 0) is 0 Å². The number of likely N-dealkylation sites (N-methyl/N-ethyl adjacent to an activating group) is 1. The molecule has 0 amide bonds. The zero-order valence-electron chi connectivity index (χ0n) is 11.0. The van der Waals surface area contributed by atoms with Crippen LogP contribution in [0.5, 0.6) is 0 Å². The van der Waals surface area contributed by atoms with Crippen molar-refractivity contribution in [2.75, 3.05) is 18.6 Å². The number of hydrogen-bond donors (Lipinski definition) is 1. The Morgan fingerprint density at radius 1 is 1.55 bits per heavy atom. The van der Waals surface area contributed by atoms with E-state index in [1.54, 1.807) is 23.5 Å². The summed E-state index contributed by atoms with van der Waals surface area (Å²) < 4.78 is 0.919. The first-order chi connectivity index (χ1) is 9.59. The summed E-state index contributed by atoms with van der Waals surface area (Å²) in [7, 11) is 1.86. The third-order valence-electron chi connectivity index (χ3n) is 3.08. The van der Waals surface area contributed by atoms with Gasteiger partial charge in [0.2, 0.25) is 0 Å². The third-order valence-corrected chi connectivity index (χ3v) is 6.00. The Balaban J connectivity index is 1.77. The molecule has 2 atom stereocenters. The quantitative estimate of drug-likeness (QED) is 0.627. The summed E-state index contributed by atoms with van der Waals surface area (Å²) in [4.78, 5) is 12.9. The molecule has 1 heterocycles. The Hall–Kier alpha value is -0.286. The number of carboxylic acid groups (broad SMARTS) is 1. The number of carboxylic acids is 1. The summed E-state index contributed by atoms with van der Waals surface area (Å²) in [6.07, 6.45) is 2.14. The van der Waals surface area contributed by atoms with E-state index in [0.29, 0.717) is 5.75 Å². The normalized spacial score (nSPS) is 22.9. The predicted molar refractivity (Wildman–Crippen MR) is 82.7 cm³/mol. The molecule has 0 spiro atoms. The second-order valence-electron chi connectivity index (χ2n) is 4.40. The molecular weight excluding hydrogens is 337 g/mol. The Bertz CT molecular complexity index is 483. The molecular formula is C14H16NNiO2S2-. The number of aliphatic carboxylic acids is 1. The Morgan fingerprint density at radius 2 is 2.25 bits per heavy atom. The fraction of sp³-hybridized carbons (Fsp3) is 0.357. The van der Waals surface area contributed by atoms with Crippen molar-refractivity contribution in [3.05, 3.63) is 42.3 Å². The second kappa shape index (κ2) is 7.65. The Kier molecular flexibility index (Phi) is 6.15. The topological polar surface area (TPSA) is 40.5 Å². The molecule has 112 valence electrons. The van der Waals surface area contributed by atoms with Gasteiger partial charge in [-0.2, -0.15) is 0 Å². The van der Waals surface area contributed by atoms with Crippen LogP contribution in [0.2, 0.25) is 0 Å². The maximum absolute atomic E-state index is 11.0. The summed E-state index contributed by atoms with van der Waals surface area (Å²) in [5.74, 6) is 0.702. The van der Waals surface area contributed by atoms with Gasteiger partial charge >= 0.3 is 135 Å². The molecule has 0 bridgehead atoms. The summed E-state index contributed by atoms with van der Waals surface area (Å²) in [5.41, 5.74) is 1.08. The van der Waals surface area contributed by atoms with Gasteiger partial charge in [-0.25, -0.2) is 0 Å². The molecule has 0 aromatic heterocycles. The van der Waals surface area contributed by atoms with Crippen LogP contribution in [-0.2, 0) is 19.8 Å². The number of nitrogens with zero attached hydrogens (tertiary/aromatic N) is 1. The van der Waals surface area contributed by atoms with Gasteiger partial charge < -0.3 is 0 Å². The van der Waals surface area contributed by atoms with Crippen molar-refractivity contribution >= 4 is 33.3 Å². The standard InChI is InChI=1S/C14H16NO2S2.Ni/c1-15-12(14(16)17)10-19-13(15)7-8-18-9-11-5-3-2-4-6-11;/h2-7,12-13H,8,10H2,1H3,(H,16,17);/q-1;/t12-,13-;/m1./s1. The number of rotatable bonds is 6. The van der Waals surface area contributed by atoms with Crippen LogP contribution in [0.3, 0.4) is 0 Å². The van der Waals surface area contributed by atoms with Crippen LogP contribution in [0, 0.1) is 6.42 Å². The van der Waals surface area contributed by atoms with Gasteiger partial charge in [0.05, 0.1) is 0 Å². The molecule has 1 aromatic carbocycles. The van der Waals surface area contributed by atoms with Gasteiger partial charge in [0.25, 0.3) is 0 Å². The predicted octanol–water partition coefficient (Wildman–Crippen LogP) is 2.11. The number of carbonyl (C=O) groups is 1. The summed E-state index contributed by atoms with van der Waals surface area (Å²) in [6.45, 7) is 0. The van der Waals surface area contributed by atoms with Crippen molar-refractivity contribution in [1.29, 1.82) is 0 Å². The molecule has 1 aliphatic rings. The molecule has 1 aromatic rings. The van der Waals surface area contributed by atoms with Crippen LogP contribution < -0.4 is 0 Å². The van der Waals surface area contributed by atoms with Crippen LogP contribution in [-0.4, -0.2) is 49.8 Å². The first-order valence-corrected chi connectivity index (χ1v) is 8.69. The van der Waals surface area contributed by atoms with E-state index in [9.17, 15) is 4.79 Å². The average Bonchev–Trinajstić information content (AvgIpc) is 2.81. The Morgan fingerprint density at radius 3 is 2.85 bits per heavy atom. The van der Waals surface area contributed by atoms with Gasteiger partial charge in [-0.3, -0.25) is 0 Å². The minimum absolute atomic E-state index is 0.159. The number of thioether (sulfide) groups is 2. The average molecular weight is 353 g/mol. The first kappa shape index (κ1) is 16.1. The van der Waals surface area contributed by atoms with Crippen molar-refractivity contribution in [1.82, 2.24) is 4.90 Å². The molecule has 1 N–H and O–H groups in total. The zero-order chi connectivity index (χ0) is 14.5.